The summed E-state index contributed by atoms with van der Waals surface area (Å²) in [4.78, 5) is 9.16. The number of nitrogens with zero attached hydrogens (tertiary/aromatic N) is 4. The molecule has 1 aromatic heterocycles. The van der Waals surface area contributed by atoms with Gasteiger partial charge in [0, 0.05) is 43.0 Å². The predicted octanol–water partition coefficient (Wildman–Crippen LogP) is 4.58. The lowest BCUT2D eigenvalue weighted by atomic mass is 9.79. The van der Waals surface area contributed by atoms with Gasteiger partial charge in [0.15, 0.2) is 0 Å². The zero-order valence-electron chi connectivity index (χ0n) is 21.5. The van der Waals surface area contributed by atoms with Crippen molar-refractivity contribution in [1.29, 1.82) is 0 Å². The Bertz CT molecular complexity index is 1250. The van der Waals surface area contributed by atoms with Crippen molar-refractivity contribution in [2.75, 3.05) is 31.6 Å². The average Bonchev–Trinajstić information content (AvgIpc) is 3.53. The van der Waals surface area contributed by atoms with Gasteiger partial charge in [-0.15, -0.1) is 0 Å². The molecule has 3 aliphatic rings. The fraction of sp³-hybridized carbons (Fsp3) is 0.433. The van der Waals surface area contributed by atoms with Crippen LogP contribution in [0.3, 0.4) is 0 Å². The zero-order valence-corrected chi connectivity index (χ0v) is 21.5. The van der Waals surface area contributed by atoms with Gasteiger partial charge in [-0.2, -0.15) is 0 Å². The first-order valence-corrected chi connectivity index (χ1v) is 13.5. The lowest BCUT2D eigenvalue weighted by molar-refractivity contribution is 0.0963. The van der Waals surface area contributed by atoms with Gasteiger partial charge in [0.1, 0.15) is 24.3 Å². The molecule has 0 spiro atoms. The maximum Gasteiger partial charge on any atom is 0.129 e. The molecule has 2 atom stereocenters. The molecule has 194 valence electrons. The molecule has 7 heteroatoms. The maximum atomic E-state index is 9.69. The molecule has 1 unspecified atom stereocenters. The molecule has 2 fully saturated rings. The van der Waals surface area contributed by atoms with Crippen molar-refractivity contribution >= 4 is 12.2 Å². The van der Waals surface area contributed by atoms with Gasteiger partial charge < -0.3 is 25.0 Å². The van der Waals surface area contributed by atoms with Crippen LogP contribution in [0.1, 0.15) is 49.0 Å². The van der Waals surface area contributed by atoms with Crippen LogP contribution < -0.4 is 15.4 Å². The van der Waals surface area contributed by atoms with Crippen LogP contribution in [0.4, 0.5) is 5.82 Å². The van der Waals surface area contributed by atoms with Gasteiger partial charge >= 0.3 is 0 Å². The number of fused-ring (bicyclic) bond motifs is 1. The largest absolute Gasteiger partial charge is 0.489 e. The second kappa shape index (κ2) is 10.3. The van der Waals surface area contributed by atoms with Crippen LogP contribution in [0.15, 0.2) is 65.8 Å². The number of aliphatic hydroxyl groups excluding tert-OH is 1. The molecule has 0 amide bonds. The van der Waals surface area contributed by atoms with Gasteiger partial charge in [-0.3, -0.25) is 9.89 Å². The topological polar surface area (TPSA) is 79.2 Å². The van der Waals surface area contributed by atoms with E-state index in [4.69, 9.17) is 10.5 Å². The summed E-state index contributed by atoms with van der Waals surface area (Å²) in [5, 5.41) is 9.69. The molecule has 37 heavy (non-hydrogen) atoms. The first kappa shape index (κ1) is 24.2. The maximum absolute atomic E-state index is 9.69. The number of benzene rings is 2. The summed E-state index contributed by atoms with van der Waals surface area (Å²) in [5.41, 5.74) is 11.0. The van der Waals surface area contributed by atoms with Crippen molar-refractivity contribution in [3.8, 4) is 16.9 Å². The van der Waals surface area contributed by atoms with Crippen LogP contribution in [0, 0.1) is 5.92 Å². The highest BCUT2D eigenvalue weighted by Crippen LogP contribution is 2.47. The van der Waals surface area contributed by atoms with Crippen molar-refractivity contribution in [3.63, 3.8) is 0 Å². The molecule has 0 bridgehead atoms. The minimum atomic E-state index is -0.387. The fourth-order valence-corrected chi connectivity index (χ4v) is 6.25. The van der Waals surface area contributed by atoms with Crippen LogP contribution in [0.5, 0.6) is 5.75 Å². The second-order valence-corrected chi connectivity index (χ2v) is 10.8. The van der Waals surface area contributed by atoms with E-state index < -0.39 is 0 Å². The summed E-state index contributed by atoms with van der Waals surface area (Å²) in [6.07, 6.45) is 8.36. The van der Waals surface area contributed by atoms with E-state index >= 15 is 0 Å². The SMILES string of the molecule is CN1C=N[C@@H](N)c2c(-c3cccc(OCc4ccccc4)c3)cn([C@H]3C[C@@H](CN4CCCC4CO)C3)c21. The second-order valence-electron chi connectivity index (χ2n) is 10.8. The van der Waals surface area contributed by atoms with E-state index in [1.54, 1.807) is 0 Å². The monoisotopic (exact) mass is 499 g/mol. The van der Waals surface area contributed by atoms with Crippen molar-refractivity contribution in [2.24, 2.45) is 16.6 Å². The molecule has 6 rings (SSSR count). The molecule has 3 aromatic rings. The summed E-state index contributed by atoms with van der Waals surface area (Å²) in [7, 11) is 2.06. The van der Waals surface area contributed by atoms with Gasteiger partial charge in [0.05, 0.1) is 12.9 Å². The molecule has 7 nitrogen and oxygen atoms in total. The summed E-state index contributed by atoms with van der Waals surface area (Å²) in [6.45, 7) is 3.02. The van der Waals surface area contributed by atoms with Gasteiger partial charge in [0.2, 0.25) is 0 Å². The number of nitrogens with two attached hydrogens (primary N) is 1. The number of hydrogen-bond donors (Lipinski definition) is 2. The Balaban J connectivity index is 1.23. The van der Waals surface area contributed by atoms with Gasteiger partial charge in [0.25, 0.3) is 0 Å². The van der Waals surface area contributed by atoms with Crippen LogP contribution in [0.2, 0.25) is 0 Å². The van der Waals surface area contributed by atoms with E-state index in [2.05, 4.69) is 56.9 Å². The Labute approximate surface area is 219 Å². The molecule has 2 aromatic carbocycles. The van der Waals surface area contributed by atoms with Crippen molar-refractivity contribution in [2.45, 2.75) is 50.5 Å². The Hall–Kier alpha value is -3.13. The molecule has 0 radical (unpaired) electrons. The molecule has 3 N–H and O–H groups in total. The first-order chi connectivity index (χ1) is 18.1. The Morgan fingerprint density at radius 3 is 2.76 bits per heavy atom. The summed E-state index contributed by atoms with van der Waals surface area (Å²) in [6, 6.07) is 19.3. The molecule has 1 saturated heterocycles. The summed E-state index contributed by atoms with van der Waals surface area (Å²) >= 11 is 0. The molecule has 1 aliphatic carbocycles. The molecular weight excluding hydrogens is 462 g/mol. The third-order valence-electron chi connectivity index (χ3n) is 8.27. The Morgan fingerprint density at radius 2 is 1.95 bits per heavy atom. The van der Waals surface area contributed by atoms with E-state index in [1.165, 1.54) is 6.42 Å². The highest BCUT2D eigenvalue weighted by Gasteiger charge is 2.38. The highest BCUT2D eigenvalue weighted by atomic mass is 16.5. The number of aliphatic imine (C=N–C) groups is 1. The van der Waals surface area contributed by atoms with Gasteiger partial charge in [-0.25, -0.2) is 0 Å². The number of rotatable bonds is 8. The third-order valence-corrected chi connectivity index (χ3v) is 8.27. The van der Waals surface area contributed by atoms with Gasteiger partial charge in [-0.05, 0) is 61.4 Å². The summed E-state index contributed by atoms with van der Waals surface area (Å²) in [5.74, 6) is 2.66. The minimum absolute atomic E-state index is 0.279. The minimum Gasteiger partial charge on any atom is -0.489 e. The number of hydrogen-bond acceptors (Lipinski definition) is 6. The van der Waals surface area contributed by atoms with Crippen LogP contribution in [-0.2, 0) is 6.61 Å². The van der Waals surface area contributed by atoms with Crippen molar-refractivity contribution in [1.82, 2.24) is 9.47 Å². The number of aromatic nitrogens is 1. The van der Waals surface area contributed by atoms with Crippen molar-refractivity contribution in [3.05, 3.63) is 71.9 Å². The summed E-state index contributed by atoms with van der Waals surface area (Å²) < 4.78 is 8.56. The van der Waals surface area contributed by atoms with E-state index in [1.807, 2.05) is 36.7 Å². The number of aliphatic hydroxyl groups is 1. The zero-order chi connectivity index (χ0) is 25.4. The van der Waals surface area contributed by atoms with E-state index in [0.29, 0.717) is 24.6 Å². The van der Waals surface area contributed by atoms with Crippen LogP contribution >= 0.6 is 0 Å². The Morgan fingerprint density at radius 1 is 1.11 bits per heavy atom. The number of anilines is 1. The lowest BCUT2D eigenvalue weighted by Gasteiger charge is -2.41. The van der Waals surface area contributed by atoms with E-state index in [0.717, 1.165) is 66.2 Å². The molecule has 1 saturated carbocycles. The number of ether oxygens (including phenoxy) is 1. The number of likely N-dealkylation sites (tertiary alicyclic amines) is 1. The van der Waals surface area contributed by atoms with E-state index in [9.17, 15) is 5.11 Å². The normalized spacial score (nSPS) is 25.2. The third kappa shape index (κ3) is 4.79. The highest BCUT2D eigenvalue weighted by molar-refractivity contribution is 5.87. The quantitative estimate of drug-likeness (QED) is 0.474. The van der Waals surface area contributed by atoms with Gasteiger partial charge in [-0.1, -0.05) is 42.5 Å². The lowest BCUT2D eigenvalue weighted by Crippen LogP contribution is -2.41. The predicted molar refractivity (Wildman–Crippen MR) is 148 cm³/mol. The first-order valence-electron chi connectivity index (χ1n) is 13.5. The smallest absolute Gasteiger partial charge is 0.129 e. The molecule has 2 aliphatic heterocycles. The van der Waals surface area contributed by atoms with Crippen LogP contribution in [-0.4, -0.2) is 53.7 Å². The van der Waals surface area contributed by atoms with Crippen molar-refractivity contribution < 1.29 is 9.84 Å². The molecular formula is C30H37N5O2. The average molecular weight is 500 g/mol. The standard InChI is InChI=1S/C30H37N5O2/c1-33-20-32-29(31)28-27(23-9-5-11-26(15-23)37-19-21-7-3-2-4-8-21)17-35(30(28)33)25-13-22(14-25)16-34-12-6-10-24(34)18-36/h2-5,7-9,11,15,17,20,22,24-25,29,36H,6,10,12-14,16,18-19,31H2,1H3/t22-,24?,25+,29-/m1/s1. The Kier molecular flexibility index (Phi) is 6.76. The van der Waals surface area contributed by atoms with E-state index in [-0.39, 0.29) is 12.8 Å². The van der Waals surface area contributed by atoms with Crippen LogP contribution in [0.25, 0.3) is 11.1 Å². The fourth-order valence-electron chi connectivity index (χ4n) is 6.25. The molecule has 3 heterocycles.